The van der Waals surface area contributed by atoms with E-state index in [9.17, 15) is 27.9 Å². The summed E-state index contributed by atoms with van der Waals surface area (Å²) in [6.45, 7) is 0. The summed E-state index contributed by atoms with van der Waals surface area (Å²) in [6.07, 6.45) is -1.33. The van der Waals surface area contributed by atoms with Crippen LogP contribution in [0.15, 0.2) is 12.4 Å². The Morgan fingerprint density at radius 3 is 2.14 bits per heavy atom. The van der Waals surface area contributed by atoms with Crippen LogP contribution in [0.2, 0.25) is 0 Å². The fourth-order valence-corrected chi connectivity index (χ4v) is 2.25. The summed E-state index contributed by atoms with van der Waals surface area (Å²) >= 11 is 0. The van der Waals surface area contributed by atoms with Crippen molar-refractivity contribution in [2.45, 2.75) is 37.4 Å². The number of amides is 1. The lowest BCUT2D eigenvalue weighted by molar-refractivity contribution is -0.145. The highest BCUT2D eigenvalue weighted by Gasteiger charge is 2.43. The monoisotopic (exact) mass is 303 g/mol. The smallest absolute Gasteiger partial charge is 0.451 e. The highest BCUT2D eigenvalue weighted by atomic mass is 19.4. The third-order valence-corrected chi connectivity index (χ3v) is 3.39. The van der Waals surface area contributed by atoms with Crippen molar-refractivity contribution in [1.29, 1.82) is 0 Å². The van der Waals surface area contributed by atoms with Crippen molar-refractivity contribution < 1.29 is 27.9 Å². The number of hydrogen-bond acceptors (Lipinski definition) is 4. The van der Waals surface area contributed by atoms with Crippen molar-refractivity contribution in [2.24, 2.45) is 0 Å². The van der Waals surface area contributed by atoms with E-state index in [2.05, 4.69) is 15.3 Å². The van der Waals surface area contributed by atoms with Crippen LogP contribution in [0, 0.1) is 0 Å². The molecule has 0 spiro atoms. The van der Waals surface area contributed by atoms with Crippen molar-refractivity contribution in [2.75, 3.05) is 0 Å². The van der Waals surface area contributed by atoms with E-state index in [1.807, 2.05) is 0 Å². The average molecular weight is 303 g/mol. The minimum absolute atomic E-state index is 0.212. The second kappa shape index (κ2) is 5.30. The molecule has 1 amide bonds. The fourth-order valence-electron chi connectivity index (χ4n) is 2.25. The SMILES string of the molecule is O=C(NC1(C(=O)O)CCCC1)c1cnc(C(F)(F)F)nc1. The third kappa shape index (κ3) is 3.11. The first-order valence-corrected chi connectivity index (χ1v) is 6.20. The number of carbonyl (C=O) groups is 2. The van der Waals surface area contributed by atoms with Gasteiger partial charge in [0, 0.05) is 12.4 Å². The van der Waals surface area contributed by atoms with Crippen LogP contribution >= 0.6 is 0 Å². The summed E-state index contributed by atoms with van der Waals surface area (Å²) in [6, 6.07) is 0. The van der Waals surface area contributed by atoms with Gasteiger partial charge in [-0.05, 0) is 12.8 Å². The lowest BCUT2D eigenvalue weighted by atomic mass is 9.97. The van der Waals surface area contributed by atoms with Crippen LogP contribution in [-0.2, 0) is 11.0 Å². The van der Waals surface area contributed by atoms with Gasteiger partial charge in [-0.2, -0.15) is 13.2 Å². The molecular weight excluding hydrogens is 291 g/mol. The van der Waals surface area contributed by atoms with Crippen molar-refractivity contribution in [1.82, 2.24) is 15.3 Å². The molecule has 2 rings (SSSR count). The highest BCUT2D eigenvalue weighted by Crippen LogP contribution is 2.30. The van der Waals surface area contributed by atoms with Gasteiger partial charge in [0.2, 0.25) is 5.82 Å². The molecule has 0 saturated heterocycles. The molecule has 2 N–H and O–H groups in total. The molecule has 1 aromatic heterocycles. The highest BCUT2D eigenvalue weighted by molar-refractivity contribution is 5.97. The maximum absolute atomic E-state index is 12.3. The number of nitrogens with zero attached hydrogens (tertiary/aromatic N) is 2. The van der Waals surface area contributed by atoms with E-state index >= 15 is 0 Å². The first-order chi connectivity index (χ1) is 9.74. The number of hydrogen-bond donors (Lipinski definition) is 2. The van der Waals surface area contributed by atoms with Crippen LogP contribution in [0.25, 0.3) is 0 Å². The zero-order valence-electron chi connectivity index (χ0n) is 10.8. The molecule has 1 aliphatic rings. The Bertz CT molecular complexity index is 551. The molecule has 9 heteroatoms. The number of carboxylic acids is 1. The minimum atomic E-state index is -4.69. The Balaban J connectivity index is 2.15. The lowest BCUT2D eigenvalue weighted by Crippen LogP contribution is -2.52. The number of aliphatic carboxylic acids is 1. The Morgan fingerprint density at radius 1 is 1.19 bits per heavy atom. The molecule has 1 saturated carbocycles. The normalized spacial score (nSPS) is 17.5. The summed E-state index contributed by atoms with van der Waals surface area (Å²) in [7, 11) is 0. The van der Waals surface area contributed by atoms with E-state index in [0.717, 1.165) is 12.4 Å². The molecule has 6 nitrogen and oxygen atoms in total. The molecule has 0 aliphatic heterocycles. The zero-order chi connectivity index (χ0) is 15.7. The van der Waals surface area contributed by atoms with E-state index in [-0.39, 0.29) is 18.4 Å². The number of rotatable bonds is 3. The van der Waals surface area contributed by atoms with Gasteiger partial charge in [0.25, 0.3) is 5.91 Å². The van der Waals surface area contributed by atoms with Crippen molar-refractivity contribution in [3.63, 3.8) is 0 Å². The standard InChI is InChI=1S/C12H12F3N3O3/c13-12(14,15)9-16-5-7(6-17-9)8(19)18-11(10(20)21)3-1-2-4-11/h5-6H,1-4H2,(H,18,19)(H,20,21). The molecular formula is C12H12F3N3O3. The Hall–Kier alpha value is -2.19. The predicted molar refractivity (Wildman–Crippen MR) is 63.3 cm³/mol. The zero-order valence-corrected chi connectivity index (χ0v) is 10.8. The van der Waals surface area contributed by atoms with Gasteiger partial charge in [0.05, 0.1) is 5.56 Å². The molecule has 21 heavy (non-hydrogen) atoms. The van der Waals surface area contributed by atoms with Crippen LogP contribution in [0.4, 0.5) is 13.2 Å². The molecule has 0 unspecified atom stereocenters. The van der Waals surface area contributed by atoms with Crippen molar-refractivity contribution in [3.8, 4) is 0 Å². The summed E-state index contributed by atoms with van der Waals surface area (Å²) in [5.41, 5.74) is -1.57. The van der Waals surface area contributed by atoms with Gasteiger partial charge in [-0.15, -0.1) is 0 Å². The van der Waals surface area contributed by atoms with Crippen LogP contribution in [-0.4, -0.2) is 32.5 Å². The average Bonchev–Trinajstić information content (AvgIpc) is 2.88. The van der Waals surface area contributed by atoms with Gasteiger partial charge in [-0.25, -0.2) is 14.8 Å². The molecule has 114 valence electrons. The molecule has 0 radical (unpaired) electrons. The Labute approximate surface area is 117 Å². The van der Waals surface area contributed by atoms with E-state index in [4.69, 9.17) is 0 Å². The number of alkyl halides is 3. The fraction of sp³-hybridized carbons (Fsp3) is 0.500. The molecule has 0 aromatic carbocycles. The molecule has 0 atom stereocenters. The first kappa shape index (κ1) is 15.2. The Morgan fingerprint density at radius 2 is 1.71 bits per heavy atom. The van der Waals surface area contributed by atoms with Gasteiger partial charge in [0.1, 0.15) is 5.54 Å². The van der Waals surface area contributed by atoms with Gasteiger partial charge in [-0.1, -0.05) is 12.8 Å². The summed E-state index contributed by atoms with van der Waals surface area (Å²) < 4.78 is 36.9. The second-order valence-corrected chi connectivity index (χ2v) is 4.84. The van der Waals surface area contributed by atoms with Crippen LogP contribution < -0.4 is 5.32 Å². The van der Waals surface area contributed by atoms with Crippen LogP contribution in [0.3, 0.4) is 0 Å². The maximum atomic E-state index is 12.3. The summed E-state index contributed by atoms with van der Waals surface area (Å²) in [5.74, 6) is -3.30. The number of nitrogens with one attached hydrogen (secondary N) is 1. The molecule has 1 fully saturated rings. The quantitative estimate of drug-likeness (QED) is 0.885. The van der Waals surface area contributed by atoms with Gasteiger partial charge < -0.3 is 10.4 Å². The molecule has 0 bridgehead atoms. The topological polar surface area (TPSA) is 92.2 Å². The largest absolute Gasteiger partial charge is 0.480 e. The van der Waals surface area contributed by atoms with Crippen LogP contribution in [0.1, 0.15) is 41.9 Å². The predicted octanol–water partition coefficient (Wildman–Crippen LogP) is 1.62. The maximum Gasteiger partial charge on any atom is 0.451 e. The summed E-state index contributed by atoms with van der Waals surface area (Å²) in [4.78, 5) is 29.4. The van der Waals surface area contributed by atoms with E-state index in [1.54, 1.807) is 0 Å². The minimum Gasteiger partial charge on any atom is -0.480 e. The Kier molecular flexibility index (Phi) is 3.84. The van der Waals surface area contributed by atoms with Crippen LogP contribution in [0.5, 0.6) is 0 Å². The number of halogens is 3. The van der Waals surface area contributed by atoms with E-state index in [0.29, 0.717) is 12.8 Å². The number of carbonyl (C=O) groups excluding carboxylic acids is 1. The first-order valence-electron chi connectivity index (χ1n) is 6.20. The molecule has 1 aromatic rings. The van der Waals surface area contributed by atoms with Gasteiger partial charge in [-0.3, -0.25) is 4.79 Å². The van der Waals surface area contributed by atoms with Crippen molar-refractivity contribution >= 4 is 11.9 Å². The number of aromatic nitrogens is 2. The summed E-state index contributed by atoms with van der Waals surface area (Å²) in [5, 5.41) is 11.6. The second-order valence-electron chi connectivity index (χ2n) is 4.84. The molecule has 1 heterocycles. The lowest BCUT2D eigenvalue weighted by Gasteiger charge is -2.25. The number of carboxylic acid groups (broad SMARTS) is 1. The van der Waals surface area contributed by atoms with Gasteiger partial charge in [0.15, 0.2) is 0 Å². The molecule has 1 aliphatic carbocycles. The van der Waals surface area contributed by atoms with Gasteiger partial charge >= 0.3 is 12.1 Å². The van der Waals surface area contributed by atoms with E-state index in [1.165, 1.54) is 0 Å². The third-order valence-electron chi connectivity index (χ3n) is 3.39. The van der Waals surface area contributed by atoms with E-state index < -0.39 is 29.4 Å². The van der Waals surface area contributed by atoms with Crippen molar-refractivity contribution in [3.05, 3.63) is 23.8 Å².